The standard InChI is InChI=1S/C13H14BrNO3S/c1-18-13(17)9(14)7-15-12(16)11-6-8-4-2-3-5-10(8)19-11/h2-5,9,11H,6-7H2,1H3,(H,15,16). The normalized spacial score (nSPS) is 18.5. The van der Waals surface area contributed by atoms with Crippen molar-refractivity contribution in [2.24, 2.45) is 0 Å². The van der Waals surface area contributed by atoms with Crippen LogP contribution in [0.25, 0.3) is 0 Å². The fraction of sp³-hybridized carbons (Fsp3) is 0.385. The molecule has 1 N–H and O–H groups in total. The summed E-state index contributed by atoms with van der Waals surface area (Å²) in [4.78, 5) is 23.9. The molecule has 1 aliphatic heterocycles. The molecule has 0 fully saturated rings. The Bertz CT molecular complexity index is 470. The molecule has 0 bridgehead atoms. The van der Waals surface area contributed by atoms with Crippen molar-refractivity contribution in [1.29, 1.82) is 0 Å². The van der Waals surface area contributed by atoms with Gasteiger partial charge in [0.1, 0.15) is 4.83 Å². The van der Waals surface area contributed by atoms with Crippen LogP contribution in [0.3, 0.4) is 0 Å². The molecule has 2 unspecified atom stereocenters. The number of ether oxygens (including phenoxy) is 1. The van der Waals surface area contributed by atoms with Gasteiger partial charge in [0.15, 0.2) is 0 Å². The van der Waals surface area contributed by atoms with Gasteiger partial charge in [0.2, 0.25) is 5.91 Å². The van der Waals surface area contributed by atoms with E-state index in [9.17, 15) is 9.59 Å². The van der Waals surface area contributed by atoms with Gasteiger partial charge < -0.3 is 10.1 Å². The van der Waals surface area contributed by atoms with Crippen LogP contribution in [-0.4, -0.2) is 35.6 Å². The summed E-state index contributed by atoms with van der Waals surface area (Å²) in [6, 6.07) is 8.01. The van der Waals surface area contributed by atoms with E-state index < -0.39 is 4.83 Å². The number of fused-ring (bicyclic) bond motifs is 1. The van der Waals surface area contributed by atoms with E-state index in [0.717, 1.165) is 11.3 Å². The number of thioether (sulfide) groups is 1. The first-order valence-corrected chi connectivity index (χ1v) is 7.65. The lowest BCUT2D eigenvalue weighted by atomic mass is 10.1. The first kappa shape index (κ1) is 14.4. The number of carbonyl (C=O) groups excluding carboxylic acids is 2. The Hall–Kier alpha value is -1.01. The Morgan fingerprint density at radius 1 is 1.53 bits per heavy atom. The lowest BCUT2D eigenvalue weighted by molar-refractivity contribution is -0.139. The second-order valence-corrected chi connectivity index (χ2v) is 6.50. The van der Waals surface area contributed by atoms with Gasteiger partial charge in [0.05, 0.1) is 12.4 Å². The maximum atomic E-state index is 12.0. The molecule has 0 spiro atoms. The number of nitrogens with one attached hydrogen (secondary N) is 1. The molecule has 1 heterocycles. The van der Waals surface area contributed by atoms with Gasteiger partial charge in [-0.15, -0.1) is 11.8 Å². The molecule has 0 radical (unpaired) electrons. The highest BCUT2D eigenvalue weighted by Gasteiger charge is 2.28. The Labute approximate surface area is 124 Å². The van der Waals surface area contributed by atoms with Gasteiger partial charge in [-0.25, -0.2) is 0 Å². The minimum atomic E-state index is -0.504. The van der Waals surface area contributed by atoms with Gasteiger partial charge in [0, 0.05) is 11.4 Å². The summed E-state index contributed by atoms with van der Waals surface area (Å²) < 4.78 is 4.58. The molecule has 102 valence electrons. The maximum Gasteiger partial charge on any atom is 0.321 e. The molecule has 2 atom stereocenters. The number of rotatable bonds is 4. The van der Waals surface area contributed by atoms with E-state index in [1.54, 1.807) is 11.8 Å². The summed E-state index contributed by atoms with van der Waals surface area (Å²) in [6.45, 7) is 0.235. The number of hydrogen-bond acceptors (Lipinski definition) is 4. The quantitative estimate of drug-likeness (QED) is 0.668. The predicted octanol–water partition coefficient (Wildman–Crippen LogP) is 1.76. The highest BCUT2D eigenvalue weighted by Crippen LogP contribution is 2.36. The number of hydrogen-bond donors (Lipinski definition) is 1. The van der Waals surface area contributed by atoms with Crippen LogP contribution in [0, 0.1) is 0 Å². The van der Waals surface area contributed by atoms with Crippen LogP contribution in [0.2, 0.25) is 0 Å². The largest absolute Gasteiger partial charge is 0.468 e. The fourth-order valence-electron chi connectivity index (χ4n) is 1.84. The highest BCUT2D eigenvalue weighted by molar-refractivity contribution is 9.10. The van der Waals surface area contributed by atoms with Gasteiger partial charge in [-0.3, -0.25) is 9.59 Å². The molecule has 2 rings (SSSR count). The Kier molecular flexibility index (Phi) is 4.87. The molecule has 0 saturated heterocycles. The molecule has 1 aromatic carbocycles. The van der Waals surface area contributed by atoms with Gasteiger partial charge >= 0.3 is 5.97 Å². The van der Waals surface area contributed by atoms with Gasteiger partial charge in [0.25, 0.3) is 0 Å². The third-order valence-corrected chi connectivity index (χ3v) is 4.87. The van der Waals surface area contributed by atoms with Crippen LogP contribution in [0.5, 0.6) is 0 Å². The fourth-order valence-corrected chi connectivity index (χ4v) is 3.41. The monoisotopic (exact) mass is 343 g/mol. The zero-order valence-corrected chi connectivity index (χ0v) is 12.8. The minimum Gasteiger partial charge on any atom is -0.468 e. The SMILES string of the molecule is COC(=O)C(Br)CNC(=O)C1Cc2ccccc2S1. The molecule has 1 aromatic rings. The predicted molar refractivity (Wildman–Crippen MR) is 77.5 cm³/mol. The summed E-state index contributed by atoms with van der Waals surface area (Å²) in [5.41, 5.74) is 1.20. The Morgan fingerprint density at radius 3 is 2.95 bits per heavy atom. The highest BCUT2D eigenvalue weighted by atomic mass is 79.9. The number of benzene rings is 1. The van der Waals surface area contributed by atoms with Crippen LogP contribution in [-0.2, 0) is 20.7 Å². The summed E-state index contributed by atoms with van der Waals surface area (Å²) in [6.07, 6.45) is 0.734. The van der Waals surface area contributed by atoms with Crippen LogP contribution in [0.1, 0.15) is 5.56 Å². The summed E-state index contributed by atoms with van der Waals surface area (Å²) in [5, 5.41) is 2.65. The zero-order valence-electron chi connectivity index (χ0n) is 10.4. The van der Waals surface area contributed by atoms with E-state index >= 15 is 0 Å². The number of amides is 1. The minimum absolute atomic E-state index is 0.0467. The Balaban J connectivity index is 1.85. The van der Waals surface area contributed by atoms with Crippen molar-refractivity contribution in [3.63, 3.8) is 0 Å². The van der Waals surface area contributed by atoms with E-state index in [-0.39, 0.29) is 23.7 Å². The second kappa shape index (κ2) is 6.43. The Morgan fingerprint density at radius 2 is 2.26 bits per heavy atom. The maximum absolute atomic E-state index is 12.0. The molecule has 0 aliphatic carbocycles. The number of esters is 1. The van der Waals surface area contributed by atoms with Crippen molar-refractivity contribution < 1.29 is 14.3 Å². The van der Waals surface area contributed by atoms with Crippen molar-refractivity contribution in [1.82, 2.24) is 5.32 Å². The molecule has 1 amide bonds. The van der Waals surface area contributed by atoms with Crippen molar-refractivity contribution >= 4 is 39.6 Å². The molecular weight excluding hydrogens is 330 g/mol. The van der Waals surface area contributed by atoms with Crippen LogP contribution in [0.15, 0.2) is 29.2 Å². The first-order chi connectivity index (χ1) is 9.11. The van der Waals surface area contributed by atoms with E-state index in [1.165, 1.54) is 12.7 Å². The summed E-state index contributed by atoms with van der Waals surface area (Å²) in [5.74, 6) is -0.433. The topological polar surface area (TPSA) is 55.4 Å². The first-order valence-electron chi connectivity index (χ1n) is 5.86. The molecule has 0 saturated carbocycles. The molecule has 0 aromatic heterocycles. The number of carbonyl (C=O) groups is 2. The van der Waals surface area contributed by atoms with Crippen molar-refractivity contribution in [3.05, 3.63) is 29.8 Å². The molecule has 6 heteroatoms. The van der Waals surface area contributed by atoms with Gasteiger partial charge in [-0.2, -0.15) is 0 Å². The van der Waals surface area contributed by atoms with E-state index in [1.807, 2.05) is 24.3 Å². The summed E-state index contributed by atoms with van der Waals surface area (Å²) >= 11 is 4.74. The van der Waals surface area contributed by atoms with E-state index in [0.29, 0.717) is 0 Å². The molecular formula is C13H14BrNO3S. The van der Waals surface area contributed by atoms with Crippen molar-refractivity contribution in [3.8, 4) is 0 Å². The molecule has 1 aliphatic rings. The van der Waals surface area contributed by atoms with E-state index in [2.05, 4.69) is 26.0 Å². The molecule has 4 nitrogen and oxygen atoms in total. The molecule has 19 heavy (non-hydrogen) atoms. The zero-order chi connectivity index (χ0) is 13.8. The van der Waals surface area contributed by atoms with Crippen LogP contribution >= 0.6 is 27.7 Å². The number of methoxy groups -OCH3 is 1. The lowest BCUT2D eigenvalue weighted by Gasteiger charge is -2.12. The average Bonchev–Trinajstić information content (AvgIpc) is 2.87. The summed E-state index contributed by atoms with van der Waals surface area (Å²) in [7, 11) is 1.32. The van der Waals surface area contributed by atoms with Crippen LogP contribution in [0.4, 0.5) is 0 Å². The third-order valence-electron chi connectivity index (χ3n) is 2.85. The van der Waals surface area contributed by atoms with Gasteiger partial charge in [-0.1, -0.05) is 34.1 Å². The van der Waals surface area contributed by atoms with E-state index in [4.69, 9.17) is 0 Å². The van der Waals surface area contributed by atoms with Crippen molar-refractivity contribution in [2.75, 3.05) is 13.7 Å². The van der Waals surface area contributed by atoms with Gasteiger partial charge in [-0.05, 0) is 18.1 Å². The number of halogens is 1. The smallest absolute Gasteiger partial charge is 0.321 e. The number of alkyl halides is 1. The van der Waals surface area contributed by atoms with Crippen molar-refractivity contribution in [2.45, 2.75) is 21.4 Å². The van der Waals surface area contributed by atoms with Crippen LogP contribution < -0.4 is 5.32 Å². The average molecular weight is 344 g/mol. The third kappa shape index (κ3) is 3.51. The lowest BCUT2D eigenvalue weighted by Crippen LogP contribution is -2.38. The second-order valence-electron chi connectivity index (χ2n) is 4.15.